The standard InChI is InChI=1S/C38H56P2/c1-26(2)34(10)28(4)21-17-23-40-38(14)33(9)24-27(3)18-15-19-30(6)36(12)37(13)32(8)25-31(7)35(11)29(5)20-16-22-39/h27,40H,1,4-25,39H2,2-3H3. The summed E-state index contributed by atoms with van der Waals surface area (Å²) in [6.07, 6.45) is 10.9. The van der Waals surface area contributed by atoms with E-state index in [-0.39, 0.29) is 0 Å². The van der Waals surface area contributed by atoms with Crippen molar-refractivity contribution < 1.29 is 0 Å². The van der Waals surface area contributed by atoms with Gasteiger partial charge in [0.2, 0.25) is 0 Å². The van der Waals surface area contributed by atoms with Crippen molar-refractivity contribution in [2.75, 3.05) is 12.3 Å². The summed E-state index contributed by atoms with van der Waals surface area (Å²) in [5.74, 6) is 0.542. The molecule has 0 saturated heterocycles. The zero-order valence-electron chi connectivity index (χ0n) is 25.9. The molecule has 40 heavy (non-hydrogen) atoms. The number of rotatable bonds is 24. The van der Waals surface area contributed by atoms with Gasteiger partial charge >= 0.3 is 0 Å². The topological polar surface area (TPSA) is 0 Å². The second-order valence-corrected chi connectivity index (χ2v) is 13.1. The van der Waals surface area contributed by atoms with Gasteiger partial charge in [0.25, 0.3) is 0 Å². The predicted molar refractivity (Wildman–Crippen MR) is 194 cm³/mol. The fourth-order valence-corrected chi connectivity index (χ4v) is 5.41. The second kappa shape index (κ2) is 19.8. The van der Waals surface area contributed by atoms with E-state index in [1.807, 2.05) is 6.92 Å². The van der Waals surface area contributed by atoms with Crippen molar-refractivity contribution in [1.29, 1.82) is 0 Å². The molecule has 0 amide bonds. The maximum Gasteiger partial charge on any atom is -0.00258 e. The molecule has 0 aromatic carbocycles. The third kappa shape index (κ3) is 14.4. The van der Waals surface area contributed by atoms with E-state index in [9.17, 15) is 0 Å². The maximum atomic E-state index is 4.33. The Balaban J connectivity index is 4.46. The zero-order chi connectivity index (χ0) is 31.0. The molecule has 0 bridgehead atoms. The number of hydrogen-bond acceptors (Lipinski definition) is 0. The largest absolute Gasteiger partial charge is 0.138 e. The van der Waals surface area contributed by atoms with E-state index in [0.717, 1.165) is 119 Å². The highest BCUT2D eigenvalue weighted by molar-refractivity contribution is 7.43. The van der Waals surface area contributed by atoms with E-state index in [0.29, 0.717) is 20.9 Å². The van der Waals surface area contributed by atoms with Gasteiger partial charge in [-0.05, 0) is 138 Å². The fraction of sp³-hybridized carbons (Fsp3) is 0.368. The van der Waals surface area contributed by atoms with Gasteiger partial charge in [-0.2, -0.15) is 0 Å². The normalized spacial score (nSPS) is 11.5. The van der Waals surface area contributed by atoms with Crippen LogP contribution in [0, 0.1) is 5.92 Å². The smallest absolute Gasteiger partial charge is 0.00258 e. The van der Waals surface area contributed by atoms with Crippen LogP contribution >= 0.6 is 17.8 Å². The third-order valence-electron chi connectivity index (χ3n) is 7.31. The molecule has 0 aromatic rings. The summed E-state index contributed by atoms with van der Waals surface area (Å²) in [6.45, 7) is 54.7. The molecule has 0 aliphatic rings. The van der Waals surface area contributed by atoms with Crippen LogP contribution in [-0.2, 0) is 0 Å². The summed E-state index contributed by atoms with van der Waals surface area (Å²) in [5.41, 5.74) is 10.8. The molecule has 3 unspecified atom stereocenters. The molecule has 0 radical (unpaired) electrons. The van der Waals surface area contributed by atoms with Crippen LogP contribution in [0.2, 0.25) is 0 Å². The first kappa shape index (κ1) is 37.7. The summed E-state index contributed by atoms with van der Waals surface area (Å²) < 4.78 is 0. The Labute approximate surface area is 252 Å². The summed E-state index contributed by atoms with van der Waals surface area (Å²) in [5, 5.41) is 1.20. The lowest BCUT2D eigenvalue weighted by Crippen LogP contribution is -2.00. The van der Waals surface area contributed by atoms with Crippen LogP contribution in [0.3, 0.4) is 0 Å². The van der Waals surface area contributed by atoms with Crippen LogP contribution in [0.5, 0.6) is 0 Å². The van der Waals surface area contributed by atoms with Crippen LogP contribution in [0.1, 0.15) is 71.6 Å². The highest BCUT2D eigenvalue weighted by atomic mass is 31.1. The van der Waals surface area contributed by atoms with Crippen LogP contribution in [0.25, 0.3) is 0 Å². The van der Waals surface area contributed by atoms with Gasteiger partial charge in [0.05, 0.1) is 0 Å². The Morgan fingerprint density at radius 1 is 0.600 bits per heavy atom. The molecule has 0 aromatic heterocycles. The first-order chi connectivity index (χ1) is 18.6. The minimum Gasteiger partial charge on any atom is -0.138 e. The fourth-order valence-electron chi connectivity index (χ4n) is 4.19. The molecule has 3 atom stereocenters. The van der Waals surface area contributed by atoms with E-state index in [4.69, 9.17) is 0 Å². The van der Waals surface area contributed by atoms with Gasteiger partial charge in [0.15, 0.2) is 0 Å². The highest BCUT2D eigenvalue weighted by Gasteiger charge is 2.13. The average molecular weight is 575 g/mol. The summed E-state index contributed by atoms with van der Waals surface area (Å²) in [4.78, 5) is 0. The van der Waals surface area contributed by atoms with Gasteiger partial charge in [0.1, 0.15) is 0 Å². The van der Waals surface area contributed by atoms with Gasteiger partial charge in [-0.3, -0.25) is 0 Å². The summed E-state index contributed by atoms with van der Waals surface area (Å²) in [6, 6.07) is 0. The molecular formula is C38H56P2. The Bertz CT molecular complexity index is 1080. The lowest BCUT2D eigenvalue weighted by molar-refractivity contribution is 0.510. The molecule has 0 aliphatic heterocycles. The van der Waals surface area contributed by atoms with Crippen molar-refractivity contribution >= 4 is 17.8 Å². The van der Waals surface area contributed by atoms with Gasteiger partial charge in [-0.15, -0.1) is 9.24 Å². The number of hydrogen-bond donors (Lipinski definition) is 0. The molecule has 0 N–H and O–H groups in total. The van der Waals surface area contributed by atoms with E-state index in [1.54, 1.807) is 0 Å². The monoisotopic (exact) mass is 574 g/mol. The number of allylic oxidation sites excluding steroid dienone is 12. The Morgan fingerprint density at radius 2 is 1.07 bits per heavy atom. The first-order valence-corrected chi connectivity index (χ1v) is 16.3. The minimum absolute atomic E-state index is 0.542. The molecule has 0 aliphatic carbocycles. The van der Waals surface area contributed by atoms with Gasteiger partial charge < -0.3 is 0 Å². The molecule has 0 rings (SSSR count). The molecule has 0 fully saturated rings. The summed E-state index contributed by atoms with van der Waals surface area (Å²) >= 11 is 0. The van der Waals surface area contributed by atoms with E-state index >= 15 is 0 Å². The lowest BCUT2D eigenvalue weighted by Gasteiger charge is -2.19. The average Bonchev–Trinajstić information content (AvgIpc) is 2.91. The third-order valence-corrected chi connectivity index (χ3v) is 9.11. The molecule has 0 spiro atoms. The van der Waals surface area contributed by atoms with Crippen LogP contribution in [0.4, 0.5) is 0 Å². The Morgan fingerprint density at radius 3 is 1.65 bits per heavy atom. The zero-order valence-corrected chi connectivity index (χ0v) is 28.1. The van der Waals surface area contributed by atoms with Crippen molar-refractivity contribution in [2.45, 2.75) is 71.6 Å². The molecule has 0 saturated carbocycles. The Hall–Kier alpha value is -2.26. The van der Waals surface area contributed by atoms with Crippen molar-refractivity contribution in [3.63, 3.8) is 0 Å². The molecule has 218 valence electrons. The quantitative estimate of drug-likeness (QED) is 0.0611. The van der Waals surface area contributed by atoms with Crippen LogP contribution < -0.4 is 0 Å². The molecule has 0 heterocycles. The lowest BCUT2D eigenvalue weighted by atomic mass is 9.87. The van der Waals surface area contributed by atoms with E-state index in [1.165, 1.54) is 10.9 Å². The summed E-state index contributed by atoms with van der Waals surface area (Å²) in [7, 11) is 3.46. The van der Waals surface area contributed by atoms with Crippen molar-refractivity contribution in [3.05, 3.63) is 146 Å². The van der Waals surface area contributed by atoms with E-state index in [2.05, 4.69) is 95.1 Å². The minimum atomic E-state index is 0.542. The van der Waals surface area contributed by atoms with Crippen LogP contribution in [0.15, 0.2) is 146 Å². The van der Waals surface area contributed by atoms with E-state index < -0.39 is 0 Å². The molecular weight excluding hydrogens is 518 g/mol. The van der Waals surface area contributed by atoms with Crippen molar-refractivity contribution in [1.82, 2.24) is 0 Å². The van der Waals surface area contributed by atoms with Gasteiger partial charge in [-0.25, -0.2) is 0 Å². The maximum absolute atomic E-state index is 4.33. The van der Waals surface area contributed by atoms with Crippen molar-refractivity contribution in [3.8, 4) is 0 Å². The van der Waals surface area contributed by atoms with Crippen LogP contribution in [-0.4, -0.2) is 12.3 Å². The Kier molecular flexibility index (Phi) is 18.6. The second-order valence-electron chi connectivity index (χ2n) is 11.1. The van der Waals surface area contributed by atoms with Gasteiger partial charge in [-0.1, -0.05) is 106 Å². The molecule has 2 heteroatoms. The van der Waals surface area contributed by atoms with Crippen molar-refractivity contribution in [2.24, 2.45) is 5.92 Å². The van der Waals surface area contributed by atoms with Gasteiger partial charge in [0, 0.05) is 0 Å². The SMILES string of the molecule is C=C(C)C(=C)C(=C)CCCPC(=C)C(=C)CC(C)CCCC(=C)C(=C)C(=C)C(=C)CC(=C)C(=C)C(=C)CCCP. The first-order valence-electron chi connectivity index (χ1n) is 14.3. The molecule has 0 nitrogen and oxygen atoms in total. The highest BCUT2D eigenvalue weighted by Crippen LogP contribution is 2.35. The predicted octanol–water partition coefficient (Wildman–Crippen LogP) is 12.3.